The van der Waals surface area contributed by atoms with Crippen LogP contribution in [-0.2, 0) is 6.42 Å². The second-order valence-corrected chi connectivity index (χ2v) is 4.50. The lowest BCUT2D eigenvalue weighted by Gasteiger charge is -2.26. The lowest BCUT2D eigenvalue weighted by Crippen LogP contribution is -2.37. The number of nitrogens with one attached hydrogen (secondary N) is 1. The summed E-state index contributed by atoms with van der Waals surface area (Å²) in [6, 6.07) is 5.04. The van der Waals surface area contributed by atoms with Gasteiger partial charge in [-0.1, -0.05) is 12.1 Å². The highest BCUT2D eigenvalue weighted by molar-refractivity contribution is 5.78. The summed E-state index contributed by atoms with van der Waals surface area (Å²) in [5, 5.41) is 3.25. The zero-order chi connectivity index (χ0) is 11.1. The second kappa shape index (κ2) is 3.46. The summed E-state index contributed by atoms with van der Waals surface area (Å²) in [4.78, 5) is 0. The van der Waals surface area contributed by atoms with Gasteiger partial charge in [-0.2, -0.15) is 0 Å². The Morgan fingerprint density at radius 2 is 2.07 bits per heavy atom. The molecular weight excluding hydrogens is 189 g/mol. The van der Waals surface area contributed by atoms with Gasteiger partial charge in [0.1, 0.15) is 5.82 Å². The molecule has 1 aliphatic rings. The van der Waals surface area contributed by atoms with Gasteiger partial charge < -0.3 is 5.32 Å². The molecule has 0 amide bonds. The van der Waals surface area contributed by atoms with Crippen LogP contribution in [0.5, 0.6) is 0 Å². The Balaban J connectivity index is 2.46. The average molecular weight is 205 g/mol. The molecule has 0 aliphatic heterocycles. The number of hydrogen-bond acceptors (Lipinski definition) is 1. The molecule has 15 heavy (non-hydrogen) atoms. The Hall–Kier alpha value is -1.15. The van der Waals surface area contributed by atoms with Crippen molar-refractivity contribution in [2.75, 3.05) is 7.05 Å². The Bertz CT molecular complexity index is 419. The van der Waals surface area contributed by atoms with Crippen LogP contribution in [0.2, 0.25) is 0 Å². The van der Waals surface area contributed by atoms with Crippen LogP contribution in [0.15, 0.2) is 24.3 Å². The molecule has 2 heteroatoms. The smallest absolute Gasteiger partial charge is 0.123 e. The van der Waals surface area contributed by atoms with Crippen LogP contribution in [0.3, 0.4) is 0 Å². The first-order valence-corrected chi connectivity index (χ1v) is 5.23. The monoisotopic (exact) mass is 205 g/mol. The fraction of sp³-hybridized carbons (Fsp3) is 0.385. The molecule has 0 aromatic heterocycles. The van der Waals surface area contributed by atoms with Crippen molar-refractivity contribution in [1.29, 1.82) is 0 Å². The maximum Gasteiger partial charge on any atom is 0.123 e. The van der Waals surface area contributed by atoms with Crippen molar-refractivity contribution in [3.05, 3.63) is 41.2 Å². The van der Waals surface area contributed by atoms with Gasteiger partial charge in [0.05, 0.1) is 0 Å². The van der Waals surface area contributed by atoms with E-state index in [1.54, 1.807) is 6.07 Å². The minimum absolute atomic E-state index is 0.0982. The normalized spacial score (nSPS) is 15.1. The Labute approximate surface area is 90.0 Å². The van der Waals surface area contributed by atoms with Crippen molar-refractivity contribution < 1.29 is 4.39 Å². The largest absolute Gasteiger partial charge is 0.311 e. The minimum Gasteiger partial charge on any atom is -0.311 e. The fourth-order valence-corrected chi connectivity index (χ4v) is 2.03. The molecular formula is C13H16FN. The number of allylic oxidation sites excluding steroid dienone is 1. The first-order valence-electron chi connectivity index (χ1n) is 5.23. The van der Waals surface area contributed by atoms with Crippen LogP contribution >= 0.6 is 0 Å². The van der Waals surface area contributed by atoms with Gasteiger partial charge in [0.15, 0.2) is 0 Å². The predicted molar refractivity (Wildman–Crippen MR) is 61.2 cm³/mol. The van der Waals surface area contributed by atoms with Crippen molar-refractivity contribution in [2.45, 2.75) is 25.8 Å². The fourth-order valence-electron chi connectivity index (χ4n) is 2.03. The van der Waals surface area contributed by atoms with Crippen LogP contribution in [0.4, 0.5) is 4.39 Å². The molecule has 0 radical (unpaired) electrons. The zero-order valence-electron chi connectivity index (χ0n) is 9.39. The number of halogens is 1. The van der Waals surface area contributed by atoms with E-state index in [0.717, 1.165) is 12.0 Å². The van der Waals surface area contributed by atoms with Crippen molar-refractivity contribution in [3.63, 3.8) is 0 Å². The topological polar surface area (TPSA) is 12.0 Å². The van der Waals surface area contributed by atoms with Gasteiger partial charge in [-0.3, -0.25) is 0 Å². The SMILES string of the molecule is CNC(C)(C)C1=CCc2ccc(F)cc21. The van der Waals surface area contributed by atoms with E-state index in [4.69, 9.17) is 0 Å². The molecule has 1 aromatic carbocycles. The van der Waals surface area contributed by atoms with Crippen LogP contribution in [0, 0.1) is 5.82 Å². The van der Waals surface area contributed by atoms with Gasteiger partial charge in [0, 0.05) is 5.54 Å². The molecule has 1 aromatic rings. The van der Waals surface area contributed by atoms with E-state index in [9.17, 15) is 4.39 Å². The maximum absolute atomic E-state index is 13.2. The van der Waals surface area contributed by atoms with E-state index >= 15 is 0 Å². The van der Waals surface area contributed by atoms with E-state index in [0.29, 0.717) is 0 Å². The third-order valence-corrected chi connectivity index (χ3v) is 3.19. The molecule has 1 N–H and O–H groups in total. The number of benzene rings is 1. The van der Waals surface area contributed by atoms with Gasteiger partial charge in [-0.25, -0.2) is 4.39 Å². The lowest BCUT2D eigenvalue weighted by molar-refractivity contribution is 0.545. The molecule has 0 unspecified atom stereocenters. The minimum atomic E-state index is -0.159. The number of fused-ring (bicyclic) bond motifs is 1. The Morgan fingerprint density at radius 3 is 2.73 bits per heavy atom. The molecule has 1 aliphatic carbocycles. The molecule has 0 heterocycles. The van der Waals surface area contributed by atoms with E-state index < -0.39 is 0 Å². The summed E-state index contributed by atoms with van der Waals surface area (Å²) in [7, 11) is 1.93. The summed E-state index contributed by atoms with van der Waals surface area (Å²) in [6.07, 6.45) is 3.09. The first-order chi connectivity index (χ1) is 7.04. The van der Waals surface area contributed by atoms with Crippen LogP contribution in [0.1, 0.15) is 25.0 Å². The standard InChI is InChI=1S/C13H16FN/c1-13(2,15-3)12-7-5-9-4-6-10(14)8-11(9)12/h4,6-8,15H,5H2,1-3H3. The second-order valence-electron chi connectivity index (χ2n) is 4.50. The highest BCUT2D eigenvalue weighted by Crippen LogP contribution is 2.35. The van der Waals surface area contributed by atoms with Crippen molar-refractivity contribution in [2.24, 2.45) is 0 Å². The molecule has 0 bridgehead atoms. The van der Waals surface area contributed by atoms with Crippen LogP contribution in [-0.4, -0.2) is 12.6 Å². The summed E-state index contributed by atoms with van der Waals surface area (Å²) >= 11 is 0. The first kappa shape index (κ1) is 10.4. The zero-order valence-corrected chi connectivity index (χ0v) is 9.39. The van der Waals surface area contributed by atoms with Gasteiger partial charge in [0.25, 0.3) is 0 Å². The van der Waals surface area contributed by atoms with Gasteiger partial charge in [-0.05, 0) is 56.1 Å². The number of rotatable bonds is 2. The highest BCUT2D eigenvalue weighted by Gasteiger charge is 2.27. The Morgan fingerprint density at radius 1 is 1.33 bits per heavy atom. The molecule has 80 valence electrons. The predicted octanol–water partition coefficient (Wildman–Crippen LogP) is 2.76. The summed E-state index contributed by atoms with van der Waals surface area (Å²) < 4.78 is 13.2. The van der Waals surface area contributed by atoms with Crippen molar-refractivity contribution in [3.8, 4) is 0 Å². The molecule has 0 atom stereocenters. The summed E-state index contributed by atoms with van der Waals surface area (Å²) in [6.45, 7) is 4.22. The van der Waals surface area contributed by atoms with E-state index in [2.05, 4.69) is 25.2 Å². The van der Waals surface area contributed by atoms with Gasteiger partial charge in [0.2, 0.25) is 0 Å². The number of likely N-dealkylation sites (N-methyl/N-ethyl adjacent to an activating group) is 1. The van der Waals surface area contributed by atoms with E-state index in [1.165, 1.54) is 17.2 Å². The van der Waals surface area contributed by atoms with E-state index in [-0.39, 0.29) is 11.4 Å². The van der Waals surface area contributed by atoms with Crippen LogP contribution < -0.4 is 5.32 Å². The third-order valence-electron chi connectivity index (χ3n) is 3.19. The van der Waals surface area contributed by atoms with Gasteiger partial charge in [-0.15, -0.1) is 0 Å². The molecule has 0 fully saturated rings. The van der Waals surface area contributed by atoms with E-state index in [1.807, 2.05) is 13.1 Å². The quantitative estimate of drug-likeness (QED) is 0.782. The highest BCUT2D eigenvalue weighted by atomic mass is 19.1. The summed E-state index contributed by atoms with van der Waals surface area (Å²) in [5.41, 5.74) is 3.36. The van der Waals surface area contributed by atoms with Gasteiger partial charge >= 0.3 is 0 Å². The molecule has 0 saturated heterocycles. The van der Waals surface area contributed by atoms with Crippen LogP contribution in [0.25, 0.3) is 5.57 Å². The lowest BCUT2D eigenvalue weighted by atomic mass is 9.90. The molecule has 0 spiro atoms. The summed E-state index contributed by atoms with van der Waals surface area (Å²) in [5.74, 6) is -0.159. The van der Waals surface area contributed by atoms with Crippen molar-refractivity contribution >= 4 is 5.57 Å². The Kier molecular flexibility index (Phi) is 2.39. The maximum atomic E-state index is 13.2. The molecule has 2 rings (SSSR count). The number of hydrogen-bond donors (Lipinski definition) is 1. The molecule has 0 saturated carbocycles. The third kappa shape index (κ3) is 1.70. The average Bonchev–Trinajstić information content (AvgIpc) is 2.61. The van der Waals surface area contributed by atoms with Crippen molar-refractivity contribution in [1.82, 2.24) is 5.32 Å². The molecule has 1 nitrogen and oxygen atoms in total.